The van der Waals surface area contributed by atoms with Crippen LogP contribution in [0.25, 0.3) is 0 Å². The lowest BCUT2D eigenvalue weighted by molar-refractivity contribution is 0.400. The highest BCUT2D eigenvalue weighted by atomic mass is 79.9. The predicted octanol–water partition coefficient (Wildman–Crippen LogP) is 4.69. The van der Waals surface area contributed by atoms with Crippen LogP contribution in [0.3, 0.4) is 0 Å². The van der Waals surface area contributed by atoms with E-state index in [2.05, 4.69) is 40.3 Å². The van der Waals surface area contributed by atoms with Gasteiger partial charge in [0.15, 0.2) is 0 Å². The van der Waals surface area contributed by atoms with Crippen LogP contribution < -0.4 is 10.1 Å². The van der Waals surface area contributed by atoms with E-state index in [-0.39, 0.29) is 11.9 Å². The van der Waals surface area contributed by atoms with Crippen LogP contribution in [0.4, 0.5) is 4.39 Å². The lowest BCUT2D eigenvalue weighted by atomic mass is 9.97. The van der Waals surface area contributed by atoms with E-state index in [1.807, 2.05) is 18.2 Å². The molecule has 0 spiro atoms. The summed E-state index contributed by atoms with van der Waals surface area (Å²) in [6.07, 6.45) is 1.02. The number of halogens is 2. The highest BCUT2D eigenvalue weighted by molar-refractivity contribution is 9.10. The lowest BCUT2D eigenvalue weighted by Crippen LogP contribution is -2.23. The third kappa shape index (κ3) is 3.83. The van der Waals surface area contributed by atoms with Crippen LogP contribution in [-0.2, 0) is 0 Å². The summed E-state index contributed by atoms with van der Waals surface area (Å²) in [6, 6.07) is 13.3. The van der Waals surface area contributed by atoms with Gasteiger partial charge in [-0.3, -0.25) is 0 Å². The highest BCUT2D eigenvalue weighted by Gasteiger charge is 2.19. The molecule has 0 amide bonds. The lowest BCUT2D eigenvalue weighted by Gasteiger charge is -2.22. The van der Waals surface area contributed by atoms with Crippen molar-refractivity contribution in [2.24, 2.45) is 0 Å². The molecule has 1 N–H and O–H groups in total. The van der Waals surface area contributed by atoms with E-state index in [0.29, 0.717) is 10.2 Å². The predicted molar refractivity (Wildman–Crippen MR) is 87.2 cm³/mol. The number of hydrogen-bond donors (Lipinski definition) is 1. The SMILES string of the molecule is CCCNC(c1ccccc1)c1cc(Br)c(F)cc1OC. The standard InChI is InChI=1S/C17H19BrFNO/c1-3-9-20-17(12-7-5-4-6-8-12)13-10-14(18)15(19)11-16(13)21-2/h4-8,10-11,17,20H,3,9H2,1-2H3. The first kappa shape index (κ1) is 16.0. The number of ether oxygens (including phenoxy) is 1. The van der Waals surface area contributed by atoms with Crippen LogP contribution >= 0.6 is 15.9 Å². The molecule has 2 rings (SSSR count). The van der Waals surface area contributed by atoms with E-state index >= 15 is 0 Å². The molecule has 4 heteroatoms. The van der Waals surface area contributed by atoms with Gasteiger partial charge in [-0.05, 0) is 40.5 Å². The summed E-state index contributed by atoms with van der Waals surface area (Å²) in [4.78, 5) is 0. The quantitative estimate of drug-likeness (QED) is 0.815. The van der Waals surface area contributed by atoms with E-state index in [4.69, 9.17) is 4.74 Å². The second kappa shape index (κ2) is 7.57. The van der Waals surface area contributed by atoms with E-state index in [9.17, 15) is 4.39 Å². The molecule has 2 aromatic rings. The molecule has 0 aliphatic rings. The molecule has 0 bridgehead atoms. The fourth-order valence-corrected chi connectivity index (χ4v) is 2.65. The van der Waals surface area contributed by atoms with Gasteiger partial charge in [-0.1, -0.05) is 37.3 Å². The van der Waals surface area contributed by atoms with Crippen LogP contribution in [0, 0.1) is 5.82 Å². The largest absolute Gasteiger partial charge is 0.496 e. The van der Waals surface area contributed by atoms with Gasteiger partial charge in [0.1, 0.15) is 11.6 Å². The molecule has 1 atom stereocenters. The van der Waals surface area contributed by atoms with Crippen molar-refractivity contribution in [3.63, 3.8) is 0 Å². The average molecular weight is 352 g/mol. The molecule has 0 radical (unpaired) electrons. The van der Waals surface area contributed by atoms with Crippen molar-refractivity contribution in [1.29, 1.82) is 0 Å². The molecule has 2 aromatic carbocycles. The number of hydrogen-bond acceptors (Lipinski definition) is 2. The Hall–Kier alpha value is -1.39. The summed E-state index contributed by atoms with van der Waals surface area (Å²) >= 11 is 3.26. The van der Waals surface area contributed by atoms with E-state index in [1.165, 1.54) is 6.07 Å². The molecule has 1 unspecified atom stereocenters. The molecule has 0 fully saturated rings. The topological polar surface area (TPSA) is 21.3 Å². The van der Waals surface area contributed by atoms with Gasteiger partial charge >= 0.3 is 0 Å². The number of nitrogens with one attached hydrogen (secondary N) is 1. The Balaban J connectivity index is 2.48. The fraction of sp³-hybridized carbons (Fsp3) is 0.294. The number of benzene rings is 2. The smallest absolute Gasteiger partial charge is 0.141 e. The summed E-state index contributed by atoms with van der Waals surface area (Å²) in [7, 11) is 1.56. The Morgan fingerprint density at radius 2 is 1.95 bits per heavy atom. The number of methoxy groups -OCH3 is 1. The van der Waals surface area contributed by atoms with Crippen molar-refractivity contribution < 1.29 is 9.13 Å². The Bertz CT molecular complexity index is 589. The fourth-order valence-electron chi connectivity index (χ4n) is 2.29. The third-order valence-electron chi connectivity index (χ3n) is 3.32. The molecular weight excluding hydrogens is 333 g/mol. The van der Waals surface area contributed by atoms with Gasteiger partial charge in [0.05, 0.1) is 17.6 Å². The monoisotopic (exact) mass is 351 g/mol. The van der Waals surface area contributed by atoms with Gasteiger partial charge in [0, 0.05) is 11.6 Å². The maximum atomic E-state index is 13.7. The Kier molecular flexibility index (Phi) is 5.76. The van der Waals surface area contributed by atoms with Gasteiger partial charge in [-0.15, -0.1) is 0 Å². The van der Waals surface area contributed by atoms with Crippen molar-refractivity contribution in [2.45, 2.75) is 19.4 Å². The van der Waals surface area contributed by atoms with Gasteiger partial charge in [0.2, 0.25) is 0 Å². The van der Waals surface area contributed by atoms with Gasteiger partial charge in [-0.25, -0.2) is 4.39 Å². The Morgan fingerprint density at radius 3 is 2.57 bits per heavy atom. The first-order valence-electron chi connectivity index (χ1n) is 6.98. The molecule has 0 aromatic heterocycles. The minimum Gasteiger partial charge on any atom is -0.496 e. The second-order valence-electron chi connectivity index (χ2n) is 4.81. The van der Waals surface area contributed by atoms with Crippen molar-refractivity contribution in [2.75, 3.05) is 13.7 Å². The maximum absolute atomic E-state index is 13.7. The van der Waals surface area contributed by atoms with Crippen LogP contribution in [-0.4, -0.2) is 13.7 Å². The van der Waals surface area contributed by atoms with Crippen molar-refractivity contribution in [3.05, 3.63) is 63.9 Å². The summed E-state index contributed by atoms with van der Waals surface area (Å²) in [5.41, 5.74) is 2.05. The molecule has 2 nitrogen and oxygen atoms in total. The summed E-state index contributed by atoms with van der Waals surface area (Å²) in [5.74, 6) is 0.228. The van der Waals surface area contributed by atoms with Crippen molar-refractivity contribution in [3.8, 4) is 5.75 Å². The highest BCUT2D eigenvalue weighted by Crippen LogP contribution is 2.34. The van der Waals surface area contributed by atoms with E-state index in [0.717, 1.165) is 24.1 Å². The minimum absolute atomic E-state index is 0.0296. The van der Waals surface area contributed by atoms with Gasteiger partial charge in [0.25, 0.3) is 0 Å². The third-order valence-corrected chi connectivity index (χ3v) is 3.92. The zero-order valence-electron chi connectivity index (χ0n) is 12.2. The molecule has 0 heterocycles. The first-order valence-corrected chi connectivity index (χ1v) is 7.78. The maximum Gasteiger partial charge on any atom is 0.141 e. The van der Waals surface area contributed by atoms with Crippen LogP contribution in [0.15, 0.2) is 46.9 Å². The Morgan fingerprint density at radius 1 is 1.24 bits per heavy atom. The summed E-state index contributed by atoms with van der Waals surface area (Å²) in [6.45, 7) is 2.99. The molecule has 21 heavy (non-hydrogen) atoms. The van der Waals surface area contributed by atoms with Crippen LogP contribution in [0.2, 0.25) is 0 Å². The Labute approximate surface area is 133 Å². The van der Waals surface area contributed by atoms with Crippen LogP contribution in [0.1, 0.15) is 30.5 Å². The first-order chi connectivity index (χ1) is 10.2. The molecule has 0 saturated heterocycles. The van der Waals surface area contributed by atoms with Crippen LogP contribution in [0.5, 0.6) is 5.75 Å². The zero-order valence-corrected chi connectivity index (χ0v) is 13.8. The van der Waals surface area contributed by atoms with Gasteiger partial charge in [-0.2, -0.15) is 0 Å². The molecular formula is C17H19BrFNO. The molecule has 0 aliphatic carbocycles. The van der Waals surface area contributed by atoms with Gasteiger partial charge < -0.3 is 10.1 Å². The summed E-state index contributed by atoms with van der Waals surface area (Å²) < 4.78 is 19.5. The second-order valence-corrected chi connectivity index (χ2v) is 5.66. The molecule has 0 aliphatic heterocycles. The van der Waals surface area contributed by atoms with E-state index in [1.54, 1.807) is 13.2 Å². The average Bonchev–Trinajstić information content (AvgIpc) is 2.51. The van der Waals surface area contributed by atoms with E-state index < -0.39 is 0 Å². The molecule has 0 saturated carbocycles. The number of rotatable bonds is 6. The van der Waals surface area contributed by atoms with Crippen molar-refractivity contribution >= 4 is 15.9 Å². The van der Waals surface area contributed by atoms with Crippen molar-refractivity contribution in [1.82, 2.24) is 5.32 Å². The zero-order chi connectivity index (χ0) is 15.2. The normalized spacial score (nSPS) is 12.2. The minimum atomic E-state index is -0.321. The summed E-state index contributed by atoms with van der Waals surface area (Å²) in [5, 5.41) is 3.50. The molecule has 112 valence electrons.